The van der Waals surface area contributed by atoms with E-state index in [0.29, 0.717) is 20.5 Å². The van der Waals surface area contributed by atoms with Gasteiger partial charge in [-0.1, -0.05) is 22.9 Å². The number of halogens is 1. The average Bonchev–Trinajstić information content (AvgIpc) is 2.96. The lowest BCUT2D eigenvalue weighted by molar-refractivity contribution is -0.135. The number of rotatable bonds is 8. The highest BCUT2D eigenvalue weighted by molar-refractivity contribution is 9.10. The van der Waals surface area contributed by atoms with Gasteiger partial charge in [-0.15, -0.1) is 11.3 Å². The van der Waals surface area contributed by atoms with Gasteiger partial charge in [-0.3, -0.25) is 14.2 Å². The molecule has 0 aliphatic carbocycles. The second-order valence-corrected chi connectivity index (χ2v) is 8.48. The standard InChI is InChI=1S/C21H25BrN2O5S/c1-5-13(3)23-18(25)12-24-19(11-20(26)29-6-2)30-17(21(24)27)10-14-9-15(22)7-8-16(14)28-4/h7-11,13H,5-6,12H2,1-4H3,(H,23,25). The Hall–Kier alpha value is -2.39. The van der Waals surface area contributed by atoms with E-state index in [4.69, 9.17) is 9.47 Å². The van der Waals surface area contributed by atoms with Crippen LogP contribution in [0.3, 0.4) is 0 Å². The fourth-order valence-electron chi connectivity index (χ4n) is 2.60. The molecule has 1 aromatic heterocycles. The lowest BCUT2D eigenvalue weighted by Crippen LogP contribution is -2.41. The summed E-state index contributed by atoms with van der Waals surface area (Å²) in [4.78, 5) is 37.4. The largest absolute Gasteiger partial charge is 0.496 e. The molecule has 9 heteroatoms. The first-order chi connectivity index (χ1) is 14.3. The lowest BCUT2D eigenvalue weighted by atomic mass is 10.2. The molecule has 30 heavy (non-hydrogen) atoms. The van der Waals surface area contributed by atoms with Gasteiger partial charge >= 0.3 is 5.97 Å². The number of carbonyl (C=O) groups is 2. The molecule has 0 spiro atoms. The van der Waals surface area contributed by atoms with Gasteiger partial charge in [0.1, 0.15) is 17.0 Å². The minimum Gasteiger partial charge on any atom is -0.496 e. The van der Waals surface area contributed by atoms with Gasteiger partial charge in [0, 0.05) is 16.1 Å². The molecule has 1 amide bonds. The Morgan fingerprint density at radius 3 is 2.70 bits per heavy atom. The smallest absolute Gasteiger partial charge is 0.333 e. The van der Waals surface area contributed by atoms with Gasteiger partial charge in [0.25, 0.3) is 5.56 Å². The van der Waals surface area contributed by atoms with E-state index in [9.17, 15) is 14.4 Å². The summed E-state index contributed by atoms with van der Waals surface area (Å²) in [6.07, 6.45) is 3.69. The molecule has 0 fully saturated rings. The van der Waals surface area contributed by atoms with Gasteiger partial charge in [-0.25, -0.2) is 4.79 Å². The van der Waals surface area contributed by atoms with E-state index in [1.807, 2.05) is 26.0 Å². The summed E-state index contributed by atoms with van der Waals surface area (Å²) >= 11 is 4.53. The number of thiazole rings is 1. The van der Waals surface area contributed by atoms with Crippen LogP contribution in [-0.4, -0.2) is 36.2 Å². The molecule has 0 aliphatic rings. The van der Waals surface area contributed by atoms with Crippen LogP contribution in [0.25, 0.3) is 12.2 Å². The van der Waals surface area contributed by atoms with E-state index in [2.05, 4.69) is 21.2 Å². The van der Waals surface area contributed by atoms with Crippen LogP contribution >= 0.6 is 27.3 Å². The quantitative estimate of drug-likeness (QED) is 0.562. The minimum absolute atomic E-state index is 0.0127. The number of esters is 1. The van der Waals surface area contributed by atoms with Crippen molar-refractivity contribution in [1.29, 1.82) is 0 Å². The first-order valence-electron chi connectivity index (χ1n) is 9.51. The molecule has 1 unspecified atom stereocenters. The van der Waals surface area contributed by atoms with Crippen LogP contribution in [0.2, 0.25) is 0 Å². The van der Waals surface area contributed by atoms with E-state index in [-0.39, 0.29) is 30.7 Å². The van der Waals surface area contributed by atoms with Crippen molar-refractivity contribution in [3.05, 3.63) is 47.8 Å². The Morgan fingerprint density at radius 1 is 1.33 bits per heavy atom. The molecule has 162 valence electrons. The number of amides is 1. The average molecular weight is 497 g/mol. The molecule has 0 radical (unpaired) electrons. The molecule has 0 aliphatic heterocycles. The maximum Gasteiger partial charge on any atom is 0.333 e. The number of methoxy groups -OCH3 is 1. The Morgan fingerprint density at radius 2 is 2.07 bits per heavy atom. The van der Waals surface area contributed by atoms with Crippen LogP contribution in [0.1, 0.15) is 32.8 Å². The second-order valence-electron chi connectivity index (χ2n) is 6.50. The predicted octanol–water partition coefficient (Wildman–Crippen LogP) is 1.77. The highest BCUT2D eigenvalue weighted by Crippen LogP contribution is 2.23. The number of hydrogen-bond acceptors (Lipinski definition) is 6. The predicted molar refractivity (Wildman–Crippen MR) is 121 cm³/mol. The molecule has 0 bridgehead atoms. The molecule has 7 nitrogen and oxygen atoms in total. The van der Waals surface area contributed by atoms with Crippen LogP contribution in [0.5, 0.6) is 5.75 Å². The molecule has 0 saturated carbocycles. The summed E-state index contributed by atoms with van der Waals surface area (Å²) in [6.45, 7) is 5.58. The summed E-state index contributed by atoms with van der Waals surface area (Å²) in [5.74, 6) is -0.265. The topological polar surface area (TPSA) is 86.6 Å². The van der Waals surface area contributed by atoms with Gasteiger partial charge in [-0.05, 0) is 44.5 Å². The van der Waals surface area contributed by atoms with Crippen molar-refractivity contribution in [3.63, 3.8) is 0 Å². The molecular weight excluding hydrogens is 472 g/mol. The number of nitrogens with one attached hydrogen (secondary N) is 1. The zero-order valence-corrected chi connectivity index (χ0v) is 19.8. The Balaban J connectivity index is 2.60. The monoisotopic (exact) mass is 496 g/mol. The highest BCUT2D eigenvalue weighted by atomic mass is 79.9. The molecule has 1 aromatic carbocycles. The fourth-order valence-corrected chi connectivity index (χ4v) is 4.00. The Labute approximate surface area is 187 Å². The second kappa shape index (κ2) is 11.1. The molecule has 2 aromatic rings. The van der Waals surface area contributed by atoms with Crippen molar-refractivity contribution >= 4 is 51.3 Å². The SMILES string of the molecule is CCOC(=O)C=c1sc(=Cc2cc(Br)ccc2OC)c(=O)n1CC(=O)NC(C)CC. The number of benzene rings is 1. The number of nitrogens with zero attached hydrogens (tertiary/aromatic N) is 1. The zero-order valence-electron chi connectivity index (χ0n) is 17.4. The van der Waals surface area contributed by atoms with Crippen molar-refractivity contribution in [1.82, 2.24) is 9.88 Å². The maximum absolute atomic E-state index is 13.0. The third-order valence-corrected chi connectivity index (χ3v) is 5.82. The van der Waals surface area contributed by atoms with E-state index < -0.39 is 5.97 Å². The fraction of sp³-hybridized carbons (Fsp3) is 0.381. The summed E-state index contributed by atoms with van der Waals surface area (Å²) < 4.78 is 13.2. The van der Waals surface area contributed by atoms with Gasteiger partial charge in [-0.2, -0.15) is 0 Å². The van der Waals surface area contributed by atoms with Crippen molar-refractivity contribution in [2.45, 2.75) is 39.8 Å². The molecule has 1 heterocycles. The van der Waals surface area contributed by atoms with Crippen molar-refractivity contribution in [2.75, 3.05) is 13.7 Å². The number of carbonyl (C=O) groups excluding carboxylic acids is 2. The van der Waals surface area contributed by atoms with Gasteiger partial charge in [0.05, 0.1) is 24.3 Å². The van der Waals surface area contributed by atoms with Crippen molar-refractivity contribution in [2.24, 2.45) is 0 Å². The van der Waals surface area contributed by atoms with Crippen molar-refractivity contribution in [3.8, 4) is 5.75 Å². The first-order valence-corrected chi connectivity index (χ1v) is 11.1. The van der Waals surface area contributed by atoms with Crippen LogP contribution in [0.15, 0.2) is 27.5 Å². The molecule has 0 saturated heterocycles. The third-order valence-electron chi connectivity index (χ3n) is 4.26. The van der Waals surface area contributed by atoms with Crippen LogP contribution in [0, 0.1) is 0 Å². The normalized spacial score (nSPS) is 13.2. The Kier molecular flexibility index (Phi) is 8.86. The zero-order chi connectivity index (χ0) is 22.3. The van der Waals surface area contributed by atoms with Crippen LogP contribution in [0.4, 0.5) is 0 Å². The molecule has 1 atom stereocenters. The third kappa shape index (κ3) is 6.30. The maximum atomic E-state index is 13.0. The number of aromatic nitrogens is 1. The summed E-state index contributed by atoms with van der Waals surface area (Å²) in [5, 5.41) is 2.84. The van der Waals surface area contributed by atoms with Crippen LogP contribution in [-0.2, 0) is 20.9 Å². The summed E-state index contributed by atoms with van der Waals surface area (Å²) in [6, 6.07) is 5.43. The van der Waals surface area contributed by atoms with Gasteiger partial charge < -0.3 is 14.8 Å². The van der Waals surface area contributed by atoms with E-state index >= 15 is 0 Å². The van der Waals surface area contributed by atoms with Gasteiger partial charge in [0.2, 0.25) is 5.91 Å². The highest BCUT2D eigenvalue weighted by Gasteiger charge is 2.13. The molecule has 2 rings (SSSR count). The summed E-state index contributed by atoms with van der Waals surface area (Å²) in [5.41, 5.74) is 0.334. The Bertz CT molecular complexity index is 1090. The lowest BCUT2D eigenvalue weighted by Gasteiger charge is -2.11. The number of ether oxygens (including phenoxy) is 2. The van der Waals surface area contributed by atoms with Gasteiger partial charge in [0.15, 0.2) is 0 Å². The molecule has 1 N–H and O–H groups in total. The summed E-state index contributed by atoms with van der Waals surface area (Å²) in [7, 11) is 1.55. The first kappa shape index (κ1) is 23.9. The van der Waals surface area contributed by atoms with Crippen LogP contribution < -0.4 is 24.8 Å². The van der Waals surface area contributed by atoms with E-state index in [0.717, 1.165) is 22.2 Å². The molecular formula is C21H25BrN2O5S. The van der Waals surface area contributed by atoms with E-state index in [1.54, 1.807) is 26.2 Å². The van der Waals surface area contributed by atoms with E-state index in [1.165, 1.54) is 10.6 Å². The van der Waals surface area contributed by atoms with Crippen molar-refractivity contribution < 1.29 is 19.1 Å². The number of hydrogen-bond donors (Lipinski definition) is 1. The minimum atomic E-state index is -0.568.